The SMILES string of the molecule is O=C1COC(c2ccccc2)=NN1c1ccccc1O. The quantitative estimate of drug-likeness (QED) is 0.907. The van der Waals surface area contributed by atoms with Crippen LogP contribution in [0.25, 0.3) is 0 Å². The molecule has 0 fully saturated rings. The molecule has 5 nitrogen and oxygen atoms in total. The summed E-state index contributed by atoms with van der Waals surface area (Å²) in [5.74, 6) is 0.0264. The molecule has 0 radical (unpaired) electrons. The van der Waals surface area contributed by atoms with Crippen molar-refractivity contribution in [3.63, 3.8) is 0 Å². The minimum Gasteiger partial charge on any atom is -0.506 e. The Morgan fingerprint density at radius 1 is 1.05 bits per heavy atom. The molecule has 0 saturated carbocycles. The lowest BCUT2D eigenvalue weighted by atomic mass is 10.2. The highest BCUT2D eigenvalue weighted by Crippen LogP contribution is 2.28. The van der Waals surface area contributed by atoms with E-state index in [2.05, 4.69) is 5.10 Å². The maximum absolute atomic E-state index is 11.9. The van der Waals surface area contributed by atoms with Gasteiger partial charge in [0.2, 0.25) is 5.90 Å². The second-order valence-corrected chi connectivity index (χ2v) is 4.25. The average molecular weight is 268 g/mol. The molecule has 1 heterocycles. The van der Waals surface area contributed by atoms with E-state index in [0.717, 1.165) is 5.56 Å². The third-order valence-electron chi connectivity index (χ3n) is 2.89. The zero-order valence-electron chi connectivity index (χ0n) is 10.6. The maximum Gasteiger partial charge on any atom is 0.285 e. The highest BCUT2D eigenvalue weighted by Gasteiger charge is 2.25. The monoisotopic (exact) mass is 268 g/mol. The van der Waals surface area contributed by atoms with Gasteiger partial charge in [0.15, 0.2) is 6.61 Å². The molecule has 1 amide bonds. The Morgan fingerprint density at radius 2 is 1.75 bits per heavy atom. The largest absolute Gasteiger partial charge is 0.506 e. The number of benzene rings is 2. The summed E-state index contributed by atoms with van der Waals surface area (Å²) in [6.45, 7) is -0.109. The van der Waals surface area contributed by atoms with Crippen LogP contribution in [0.5, 0.6) is 5.75 Å². The third-order valence-corrected chi connectivity index (χ3v) is 2.89. The Hall–Kier alpha value is -2.82. The normalized spacial score (nSPS) is 14.7. The minimum atomic E-state index is -0.328. The molecular formula is C15H12N2O3. The number of hydrazone groups is 1. The smallest absolute Gasteiger partial charge is 0.285 e. The van der Waals surface area contributed by atoms with Gasteiger partial charge in [-0.1, -0.05) is 30.3 Å². The molecule has 1 N–H and O–H groups in total. The van der Waals surface area contributed by atoms with Crippen LogP contribution in [0.15, 0.2) is 59.7 Å². The summed E-state index contributed by atoms with van der Waals surface area (Å²) in [4.78, 5) is 11.9. The summed E-state index contributed by atoms with van der Waals surface area (Å²) in [5, 5.41) is 15.2. The highest BCUT2D eigenvalue weighted by molar-refractivity contribution is 6.04. The highest BCUT2D eigenvalue weighted by atomic mass is 16.5. The van der Waals surface area contributed by atoms with Crippen LogP contribution in [0.4, 0.5) is 5.69 Å². The first-order chi connectivity index (χ1) is 9.75. The molecule has 100 valence electrons. The topological polar surface area (TPSA) is 62.1 Å². The van der Waals surface area contributed by atoms with E-state index in [-0.39, 0.29) is 18.3 Å². The van der Waals surface area contributed by atoms with Crippen LogP contribution < -0.4 is 5.01 Å². The predicted octanol–water partition coefficient (Wildman–Crippen LogP) is 2.12. The van der Waals surface area contributed by atoms with Crippen molar-refractivity contribution in [2.24, 2.45) is 5.10 Å². The van der Waals surface area contributed by atoms with Gasteiger partial charge < -0.3 is 9.84 Å². The molecule has 2 aromatic rings. The summed E-state index contributed by atoms with van der Waals surface area (Å²) in [6.07, 6.45) is 0. The Morgan fingerprint density at radius 3 is 2.50 bits per heavy atom. The van der Waals surface area contributed by atoms with E-state index in [4.69, 9.17) is 4.74 Å². The summed E-state index contributed by atoms with van der Waals surface area (Å²) < 4.78 is 5.35. The lowest BCUT2D eigenvalue weighted by Gasteiger charge is -2.24. The van der Waals surface area contributed by atoms with Crippen molar-refractivity contribution in [1.29, 1.82) is 0 Å². The van der Waals surface area contributed by atoms with Crippen molar-refractivity contribution in [3.8, 4) is 5.75 Å². The summed E-state index contributed by atoms with van der Waals surface area (Å²) >= 11 is 0. The van der Waals surface area contributed by atoms with Crippen molar-refractivity contribution < 1.29 is 14.6 Å². The fourth-order valence-corrected chi connectivity index (χ4v) is 1.92. The van der Waals surface area contributed by atoms with Crippen molar-refractivity contribution in [2.75, 3.05) is 11.6 Å². The van der Waals surface area contributed by atoms with Crippen LogP contribution in [0.1, 0.15) is 5.56 Å². The predicted molar refractivity (Wildman–Crippen MR) is 74.5 cm³/mol. The van der Waals surface area contributed by atoms with Gasteiger partial charge in [-0.3, -0.25) is 4.79 Å². The van der Waals surface area contributed by atoms with Crippen molar-refractivity contribution in [3.05, 3.63) is 60.2 Å². The molecule has 5 heteroatoms. The Balaban J connectivity index is 2.02. The number of aromatic hydroxyl groups is 1. The molecule has 0 bridgehead atoms. The first kappa shape index (κ1) is 12.2. The Kier molecular flexibility index (Phi) is 3.09. The first-order valence-corrected chi connectivity index (χ1v) is 6.13. The summed E-state index contributed by atoms with van der Waals surface area (Å²) in [6, 6.07) is 15.9. The minimum absolute atomic E-state index is 0.00101. The number of hydrogen-bond donors (Lipinski definition) is 1. The van der Waals surface area contributed by atoms with Crippen LogP contribution >= 0.6 is 0 Å². The number of rotatable bonds is 2. The van der Waals surface area contributed by atoms with E-state index in [9.17, 15) is 9.90 Å². The second-order valence-electron chi connectivity index (χ2n) is 4.25. The van der Waals surface area contributed by atoms with Gasteiger partial charge in [0.1, 0.15) is 11.4 Å². The number of phenolic OH excluding ortho intramolecular Hbond substituents is 1. The molecule has 0 spiro atoms. The van der Waals surface area contributed by atoms with E-state index in [1.807, 2.05) is 30.3 Å². The molecule has 2 aromatic carbocycles. The zero-order chi connectivity index (χ0) is 13.9. The molecule has 0 saturated heterocycles. The molecule has 20 heavy (non-hydrogen) atoms. The average Bonchev–Trinajstić information content (AvgIpc) is 2.49. The van der Waals surface area contributed by atoms with Gasteiger partial charge in [0, 0.05) is 5.56 Å². The van der Waals surface area contributed by atoms with E-state index in [1.54, 1.807) is 18.2 Å². The van der Waals surface area contributed by atoms with E-state index in [0.29, 0.717) is 11.6 Å². The molecule has 1 aliphatic rings. The number of para-hydroxylation sites is 2. The molecule has 0 atom stereocenters. The van der Waals surface area contributed by atoms with Crippen molar-refractivity contribution in [1.82, 2.24) is 0 Å². The number of carbonyl (C=O) groups excluding carboxylic acids is 1. The number of nitrogens with zero attached hydrogens (tertiary/aromatic N) is 2. The van der Waals surface area contributed by atoms with E-state index >= 15 is 0 Å². The maximum atomic E-state index is 11.9. The molecule has 3 rings (SSSR count). The van der Waals surface area contributed by atoms with Gasteiger partial charge in [0.25, 0.3) is 5.91 Å². The third kappa shape index (κ3) is 2.21. The lowest BCUT2D eigenvalue weighted by Crippen LogP contribution is -2.36. The number of amides is 1. The zero-order valence-corrected chi connectivity index (χ0v) is 10.6. The van der Waals surface area contributed by atoms with Crippen LogP contribution in [0, 0.1) is 0 Å². The number of carbonyl (C=O) groups is 1. The number of phenols is 1. The second kappa shape index (κ2) is 5.05. The van der Waals surface area contributed by atoms with Crippen LogP contribution in [-0.4, -0.2) is 23.5 Å². The van der Waals surface area contributed by atoms with Gasteiger partial charge in [0.05, 0.1) is 0 Å². The molecule has 0 aromatic heterocycles. The van der Waals surface area contributed by atoms with E-state index in [1.165, 1.54) is 11.1 Å². The Labute approximate surface area is 115 Å². The van der Waals surface area contributed by atoms with Crippen LogP contribution in [-0.2, 0) is 9.53 Å². The van der Waals surface area contributed by atoms with Gasteiger partial charge in [-0.05, 0) is 24.3 Å². The Bertz CT molecular complexity index is 668. The van der Waals surface area contributed by atoms with Gasteiger partial charge in [-0.2, -0.15) is 5.01 Å². The van der Waals surface area contributed by atoms with Gasteiger partial charge >= 0.3 is 0 Å². The van der Waals surface area contributed by atoms with E-state index < -0.39 is 0 Å². The van der Waals surface area contributed by atoms with Gasteiger partial charge in [-0.15, -0.1) is 5.10 Å². The van der Waals surface area contributed by atoms with Crippen molar-refractivity contribution >= 4 is 17.5 Å². The number of ether oxygens (including phenoxy) is 1. The summed E-state index contributed by atoms with van der Waals surface area (Å²) in [7, 11) is 0. The first-order valence-electron chi connectivity index (χ1n) is 6.13. The van der Waals surface area contributed by atoms with Crippen molar-refractivity contribution in [2.45, 2.75) is 0 Å². The fraction of sp³-hybridized carbons (Fsp3) is 0.0667. The number of hydrogen-bond acceptors (Lipinski definition) is 4. The standard InChI is InChI=1S/C15H12N2O3/c18-13-9-5-4-8-12(13)17-14(19)10-20-15(16-17)11-6-2-1-3-7-11/h1-9,18H,10H2. The van der Waals surface area contributed by atoms with Gasteiger partial charge in [-0.25, -0.2) is 0 Å². The number of anilines is 1. The molecule has 0 unspecified atom stereocenters. The lowest BCUT2D eigenvalue weighted by molar-refractivity contribution is -0.121. The fourth-order valence-electron chi connectivity index (χ4n) is 1.92. The summed E-state index contributed by atoms with van der Waals surface area (Å²) in [5.41, 5.74) is 1.12. The van der Waals surface area contributed by atoms with Crippen LogP contribution in [0.3, 0.4) is 0 Å². The molecule has 1 aliphatic heterocycles. The molecular weight excluding hydrogens is 256 g/mol. The molecule has 0 aliphatic carbocycles. The van der Waals surface area contributed by atoms with Crippen LogP contribution in [0.2, 0.25) is 0 Å².